The van der Waals surface area contributed by atoms with Crippen LogP contribution in [0.3, 0.4) is 0 Å². The fourth-order valence-corrected chi connectivity index (χ4v) is 14.0. The number of benzene rings is 6. The smallest absolute Gasteiger partial charge is 0.261 e. The van der Waals surface area contributed by atoms with E-state index < -0.39 is 12.2 Å². The zero-order valence-electron chi connectivity index (χ0n) is 53.9. The molecule has 6 aromatic carbocycles. The van der Waals surface area contributed by atoms with Gasteiger partial charge in [0.1, 0.15) is 5.15 Å². The van der Waals surface area contributed by atoms with E-state index >= 15 is 0 Å². The Morgan fingerprint density at radius 1 is 0.505 bits per heavy atom. The first-order valence-electron chi connectivity index (χ1n) is 32.8. The molecule has 16 rings (SSSR count). The number of fused-ring (bicyclic) bond motifs is 9. The van der Waals surface area contributed by atoms with Gasteiger partial charge in [0.2, 0.25) is 0 Å². The molecule has 2 N–H and O–H groups in total. The van der Waals surface area contributed by atoms with Gasteiger partial charge in [0.25, 0.3) is 16.7 Å². The molecular weight excluding hydrogens is 1240 g/mol. The minimum absolute atomic E-state index is 0.0517. The van der Waals surface area contributed by atoms with Crippen molar-refractivity contribution in [2.24, 2.45) is 0 Å². The number of ether oxygens (including phenoxy) is 2. The Hall–Kier alpha value is -10.1. The van der Waals surface area contributed by atoms with Crippen molar-refractivity contribution in [3.8, 4) is 11.3 Å². The van der Waals surface area contributed by atoms with E-state index in [9.17, 15) is 24.6 Å². The zero-order valence-corrected chi connectivity index (χ0v) is 54.7. The monoisotopic (exact) mass is 1310 g/mol. The van der Waals surface area contributed by atoms with Gasteiger partial charge in [-0.3, -0.25) is 43.0 Å². The first-order chi connectivity index (χ1) is 47.3. The summed E-state index contributed by atoms with van der Waals surface area (Å²) in [4.78, 5) is 74.4. The molecule has 0 radical (unpaired) electrons. The van der Waals surface area contributed by atoms with Crippen LogP contribution in [0.1, 0.15) is 88.6 Å². The Kier molecular flexibility index (Phi) is 18.8. The SMILES string of the molecule is C=Cc1cc(Cc2cc3c(=O)n([C@H]4CCOC[C@@H]4O)cnc3c3ccccc23)ccn1.CN1CCC(n2cnc3c(cc(Cc4ccc(Cl)nc4)c4ccccc43)c2=O)CC1.Cc1ccc(-c2cc(Cc3cc4c(=O)n([C@H]5CCOC[C@@H]5O)cnc4c4ccccc34)ccn2)cn1. The van der Waals surface area contributed by atoms with E-state index in [1.165, 1.54) is 0 Å². The highest BCUT2D eigenvalue weighted by Crippen LogP contribution is 2.34. The van der Waals surface area contributed by atoms with Gasteiger partial charge < -0.3 is 24.6 Å². The standard InChI is InChI=1S/C29H26N4O3.C25H23N3O3.C24H23ClN4O/c1-18-6-7-20(15-31-18)25-13-19(8-10-30-25)12-21-14-24-28(23-5-3-2-4-22(21)23)32-17-33(29(24)35)26-9-11-36-16-27(26)34;1-2-18-12-16(7-9-26-18)11-17-13-21-24(20-6-4-3-5-19(17)20)27-15-28(25(21)30)22-8-10-31-14-23(22)29;1-28-10-8-18(9-11-28)29-15-27-23-20-5-3-2-4-19(20)17(13-21(23)24(29)30)12-16-6-7-22(25)26-14-16/h2-8,10,13-15,17,26-27,34H,9,11-12,16H2,1H3;2-7,9,12-13,15,22-23,29H,1,8,10-11,14H2;2-7,13-15,18H,8-12H2,1H3/t26-,27-;22-,23-;/m00./s1. The second-order valence-electron chi connectivity index (χ2n) is 25.4. The lowest BCUT2D eigenvalue weighted by molar-refractivity contribution is -0.0395. The van der Waals surface area contributed by atoms with Gasteiger partial charge in [-0.05, 0) is 188 Å². The number of rotatable bonds is 11. The molecule has 0 amide bonds. The highest BCUT2D eigenvalue weighted by atomic mass is 35.5. The fourth-order valence-electron chi connectivity index (χ4n) is 13.9. The number of piperidine rings is 1. The third-order valence-corrected chi connectivity index (χ3v) is 19.3. The Bertz CT molecular complexity index is 5290. The molecule has 0 saturated carbocycles. The molecule has 13 aromatic rings. The number of halogens is 1. The van der Waals surface area contributed by atoms with Crippen LogP contribution in [0.4, 0.5) is 0 Å². The quantitative estimate of drug-likeness (QED) is 0.0909. The first-order valence-corrected chi connectivity index (χ1v) is 33.2. The van der Waals surface area contributed by atoms with Crippen molar-refractivity contribution in [3.63, 3.8) is 0 Å². The molecule has 488 valence electrons. The number of pyridine rings is 4. The van der Waals surface area contributed by atoms with Gasteiger partial charge in [-0.25, -0.2) is 19.9 Å². The summed E-state index contributed by atoms with van der Waals surface area (Å²) in [6.45, 7) is 9.24. The second kappa shape index (κ2) is 28.3. The number of hydrogen-bond acceptors (Lipinski definition) is 15. The molecule has 97 heavy (non-hydrogen) atoms. The minimum Gasteiger partial charge on any atom is -0.389 e. The topological polar surface area (TPSA) is 218 Å². The molecule has 4 atom stereocenters. The lowest BCUT2D eigenvalue weighted by atomic mass is 9.95. The molecule has 19 heteroatoms. The summed E-state index contributed by atoms with van der Waals surface area (Å²) in [7, 11) is 2.13. The van der Waals surface area contributed by atoms with Gasteiger partial charge in [-0.1, -0.05) is 97.0 Å². The van der Waals surface area contributed by atoms with Gasteiger partial charge in [0, 0.05) is 71.5 Å². The highest BCUT2D eigenvalue weighted by Gasteiger charge is 2.29. The molecule has 7 aromatic heterocycles. The maximum atomic E-state index is 13.6. The van der Waals surface area contributed by atoms with Gasteiger partial charge in [0.05, 0.1) is 101 Å². The van der Waals surface area contributed by atoms with Crippen molar-refractivity contribution in [2.75, 3.05) is 46.6 Å². The Balaban J connectivity index is 0.000000125. The number of hydrogen-bond donors (Lipinski definition) is 2. The maximum absolute atomic E-state index is 13.6. The van der Waals surface area contributed by atoms with E-state index in [-0.39, 0.29) is 48.0 Å². The number of nitrogens with zero attached hydrogens (tertiary/aromatic N) is 11. The van der Waals surface area contributed by atoms with Crippen molar-refractivity contribution in [1.29, 1.82) is 0 Å². The predicted octanol–water partition coefficient (Wildman–Crippen LogP) is 12.2. The third kappa shape index (κ3) is 13.5. The van der Waals surface area contributed by atoms with E-state index in [0.717, 1.165) is 120 Å². The summed E-state index contributed by atoms with van der Waals surface area (Å²) in [6.07, 6.45) is 17.5. The molecular formula is C78H72ClN11O7. The zero-order chi connectivity index (χ0) is 66.7. The van der Waals surface area contributed by atoms with Crippen molar-refractivity contribution in [1.82, 2.24) is 53.5 Å². The average Bonchev–Trinajstić information content (AvgIpc) is 0.778. The normalized spacial score (nSPS) is 17.7. The molecule has 3 saturated heterocycles. The number of aliphatic hydroxyl groups excluding tert-OH is 2. The summed E-state index contributed by atoms with van der Waals surface area (Å²) < 4.78 is 15.7. The van der Waals surface area contributed by atoms with Crippen LogP contribution >= 0.6 is 11.6 Å². The largest absolute Gasteiger partial charge is 0.389 e. The van der Waals surface area contributed by atoms with E-state index in [1.807, 2.05) is 133 Å². The molecule has 0 aliphatic carbocycles. The van der Waals surface area contributed by atoms with Gasteiger partial charge >= 0.3 is 0 Å². The Morgan fingerprint density at radius 2 is 0.979 bits per heavy atom. The van der Waals surface area contributed by atoms with Crippen molar-refractivity contribution in [2.45, 2.75) is 82.2 Å². The summed E-state index contributed by atoms with van der Waals surface area (Å²) in [5.41, 5.74) is 12.0. The van der Waals surface area contributed by atoms with Crippen LogP contribution < -0.4 is 16.7 Å². The number of aryl methyl sites for hydroxylation is 1. The van der Waals surface area contributed by atoms with Gasteiger partial charge in [0.15, 0.2) is 0 Å². The van der Waals surface area contributed by atoms with Crippen molar-refractivity contribution in [3.05, 3.63) is 271 Å². The molecule has 3 fully saturated rings. The molecule has 3 aliphatic heterocycles. The Labute approximate surface area is 563 Å². The number of likely N-dealkylation sites (tertiary alicyclic amines) is 1. The molecule has 0 spiro atoms. The minimum atomic E-state index is -0.734. The van der Waals surface area contributed by atoms with Crippen LogP contribution in [-0.2, 0) is 28.7 Å². The Morgan fingerprint density at radius 3 is 1.45 bits per heavy atom. The molecule has 18 nitrogen and oxygen atoms in total. The lowest BCUT2D eigenvalue weighted by Crippen LogP contribution is -2.39. The summed E-state index contributed by atoms with van der Waals surface area (Å²) in [6, 6.07) is 45.6. The van der Waals surface area contributed by atoms with Crippen LogP contribution in [0, 0.1) is 6.92 Å². The van der Waals surface area contributed by atoms with Crippen molar-refractivity contribution < 1.29 is 19.7 Å². The van der Waals surface area contributed by atoms with Crippen LogP contribution in [0.5, 0.6) is 0 Å². The van der Waals surface area contributed by atoms with Crippen LogP contribution in [0.2, 0.25) is 5.15 Å². The summed E-state index contributed by atoms with van der Waals surface area (Å²) in [5, 5.41) is 29.3. The average molecular weight is 1310 g/mol. The number of aliphatic hydroxyl groups is 2. The molecule has 3 aliphatic rings. The predicted molar refractivity (Wildman–Crippen MR) is 381 cm³/mol. The van der Waals surface area contributed by atoms with Crippen molar-refractivity contribution >= 4 is 82.7 Å². The van der Waals surface area contributed by atoms with E-state index in [1.54, 1.807) is 52.7 Å². The molecule has 10 heterocycles. The third-order valence-electron chi connectivity index (χ3n) is 19.1. The molecule has 0 bridgehead atoms. The maximum Gasteiger partial charge on any atom is 0.261 e. The first kappa shape index (κ1) is 64.3. The van der Waals surface area contributed by atoms with Crippen LogP contribution in [0.15, 0.2) is 204 Å². The highest BCUT2D eigenvalue weighted by molar-refractivity contribution is 6.29. The summed E-state index contributed by atoms with van der Waals surface area (Å²) in [5.74, 6) is 0. The van der Waals surface area contributed by atoms with Crippen LogP contribution in [0.25, 0.3) is 82.4 Å². The van der Waals surface area contributed by atoms with Gasteiger partial charge in [-0.15, -0.1) is 0 Å². The second-order valence-corrected chi connectivity index (χ2v) is 25.8. The van der Waals surface area contributed by atoms with E-state index in [0.29, 0.717) is 77.7 Å². The fraction of sp³-hybridized carbons (Fsp3) is 0.256. The summed E-state index contributed by atoms with van der Waals surface area (Å²) >= 11 is 5.94. The number of aromatic nitrogens is 10. The van der Waals surface area contributed by atoms with Crippen LogP contribution in [-0.4, -0.2) is 122 Å². The van der Waals surface area contributed by atoms with E-state index in [4.69, 9.17) is 26.1 Å². The molecule has 0 unspecified atom stereocenters. The van der Waals surface area contributed by atoms with Gasteiger partial charge in [-0.2, -0.15) is 0 Å². The lowest BCUT2D eigenvalue weighted by Gasteiger charge is -2.30. The van der Waals surface area contributed by atoms with E-state index in [2.05, 4.69) is 72.7 Å².